The third kappa shape index (κ3) is 4.62. The molecule has 0 bridgehead atoms. The van der Waals surface area contributed by atoms with Gasteiger partial charge in [0.05, 0.1) is 5.92 Å². The lowest BCUT2D eigenvalue weighted by molar-refractivity contribution is -0.144. The molecule has 1 atom stereocenters. The van der Waals surface area contributed by atoms with E-state index in [-0.39, 0.29) is 5.92 Å². The molecular formula is C17H25NO2. The fraction of sp³-hybridized carbons (Fsp3) is 0.647. The first-order chi connectivity index (χ1) is 9.77. The van der Waals surface area contributed by atoms with Crippen LogP contribution in [0, 0.1) is 11.8 Å². The molecule has 1 aromatic rings. The zero-order valence-corrected chi connectivity index (χ0v) is 12.1. The second-order valence-corrected chi connectivity index (χ2v) is 5.95. The quantitative estimate of drug-likeness (QED) is 0.763. The minimum absolute atomic E-state index is 0.121. The SMILES string of the molecule is O=C(O)C(CCCCc1cccnc1)C1CCCCC1. The molecule has 2 rings (SSSR count). The molecule has 1 fully saturated rings. The van der Waals surface area contributed by atoms with Gasteiger partial charge in [-0.3, -0.25) is 9.78 Å². The topological polar surface area (TPSA) is 50.2 Å². The van der Waals surface area contributed by atoms with Crippen molar-refractivity contribution in [3.63, 3.8) is 0 Å². The van der Waals surface area contributed by atoms with Crippen LogP contribution in [0.4, 0.5) is 0 Å². The van der Waals surface area contributed by atoms with E-state index in [1.165, 1.54) is 24.8 Å². The van der Waals surface area contributed by atoms with Crippen molar-refractivity contribution in [3.05, 3.63) is 30.1 Å². The lowest BCUT2D eigenvalue weighted by Crippen LogP contribution is -2.25. The van der Waals surface area contributed by atoms with E-state index in [0.29, 0.717) is 5.92 Å². The van der Waals surface area contributed by atoms with Crippen molar-refractivity contribution in [3.8, 4) is 0 Å². The number of aliphatic carboxylic acids is 1. The molecule has 110 valence electrons. The number of aryl methyl sites for hydroxylation is 1. The molecule has 20 heavy (non-hydrogen) atoms. The van der Waals surface area contributed by atoms with Crippen molar-refractivity contribution in [1.82, 2.24) is 4.98 Å². The van der Waals surface area contributed by atoms with Crippen LogP contribution in [-0.4, -0.2) is 16.1 Å². The van der Waals surface area contributed by atoms with Crippen LogP contribution in [0.25, 0.3) is 0 Å². The van der Waals surface area contributed by atoms with Crippen molar-refractivity contribution < 1.29 is 9.90 Å². The Hall–Kier alpha value is -1.38. The van der Waals surface area contributed by atoms with E-state index >= 15 is 0 Å². The minimum Gasteiger partial charge on any atom is -0.481 e. The summed E-state index contributed by atoms with van der Waals surface area (Å²) in [6.45, 7) is 0. The van der Waals surface area contributed by atoms with E-state index in [1.54, 1.807) is 6.20 Å². The van der Waals surface area contributed by atoms with Gasteiger partial charge in [0.15, 0.2) is 0 Å². The maximum absolute atomic E-state index is 11.5. The Morgan fingerprint density at radius 3 is 2.75 bits per heavy atom. The number of nitrogens with zero attached hydrogens (tertiary/aromatic N) is 1. The number of carboxylic acid groups (broad SMARTS) is 1. The average Bonchev–Trinajstić information content (AvgIpc) is 2.49. The highest BCUT2D eigenvalue weighted by atomic mass is 16.4. The monoisotopic (exact) mass is 275 g/mol. The molecule has 0 spiro atoms. The molecule has 3 nitrogen and oxygen atoms in total. The molecular weight excluding hydrogens is 250 g/mol. The average molecular weight is 275 g/mol. The van der Waals surface area contributed by atoms with Gasteiger partial charge in [0.1, 0.15) is 0 Å². The Bertz CT molecular complexity index is 399. The summed E-state index contributed by atoms with van der Waals surface area (Å²) in [6.07, 6.45) is 13.5. The number of carboxylic acids is 1. The zero-order valence-electron chi connectivity index (χ0n) is 12.1. The van der Waals surface area contributed by atoms with Gasteiger partial charge in [-0.05, 0) is 49.7 Å². The first-order valence-corrected chi connectivity index (χ1v) is 7.89. The number of unbranched alkanes of at least 4 members (excludes halogenated alkanes) is 1. The predicted molar refractivity (Wildman–Crippen MR) is 79.5 cm³/mol. The molecule has 0 aliphatic heterocycles. The smallest absolute Gasteiger partial charge is 0.306 e. The Kier molecular flexibility index (Phi) is 6.03. The van der Waals surface area contributed by atoms with E-state index in [0.717, 1.165) is 38.5 Å². The summed E-state index contributed by atoms with van der Waals surface area (Å²) in [4.78, 5) is 15.6. The number of hydrogen-bond donors (Lipinski definition) is 1. The molecule has 1 N–H and O–H groups in total. The van der Waals surface area contributed by atoms with Crippen LogP contribution in [0.1, 0.15) is 56.9 Å². The molecule has 1 aromatic heterocycles. The van der Waals surface area contributed by atoms with Crippen molar-refractivity contribution in [2.45, 2.75) is 57.8 Å². The van der Waals surface area contributed by atoms with Crippen LogP contribution in [0.3, 0.4) is 0 Å². The van der Waals surface area contributed by atoms with E-state index in [2.05, 4.69) is 11.1 Å². The lowest BCUT2D eigenvalue weighted by atomic mass is 9.78. The Morgan fingerprint density at radius 2 is 2.10 bits per heavy atom. The van der Waals surface area contributed by atoms with Gasteiger partial charge in [-0.15, -0.1) is 0 Å². The fourth-order valence-electron chi connectivity index (χ4n) is 3.34. The number of hydrogen-bond acceptors (Lipinski definition) is 2. The van der Waals surface area contributed by atoms with Crippen molar-refractivity contribution in [2.24, 2.45) is 11.8 Å². The molecule has 1 heterocycles. The Balaban J connectivity index is 1.73. The van der Waals surface area contributed by atoms with Crippen LogP contribution in [0.5, 0.6) is 0 Å². The number of rotatable bonds is 7. The van der Waals surface area contributed by atoms with Gasteiger partial charge in [0.25, 0.3) is 0 Å². The maximum atomic E-state index is 11.5. The van der Waals surface area contributed by atoms with E-state index in [1.807, 2.05) is 12.3 Å². The van der Waals surface area contributed by atoms with E-state index in [4.69, 9.17) is 0 Å². The summed E-state index contributed by atoms with van der Waals surface area (Å²) in [5, 5.41) is 9.43. The van der Waals surface area contributed by atoms with Gasteiger partial charge in [0, 0.05) is 12.4 Å². The lowest BCUT2D eigenvalue weighted by Gasteiger charge is -2.27. The van der Waals surface area contributed by atoms with Crippen molar-refractivity contribution in [2.75, 3.05) is 0 Å². The Morgan fingerprint density at radius 1 is 1.30 bits per heavy atom. The number of aromatic nitrogens is 1. The van der Waals surface area contributed by atoms with Crippen LogP contribution in [-0.2, 0) is 11.2 Å². The number of pyridine rings is 1. The maximum Gasteiger partial charge on any atom is 0.306 e. The fourth-order valence-corrected chi connectivity index (χ4v) is 3.34. The molecule has 0 saturated heterocycles. The standard InChI is InChI=1S/C17H25NO2/c19-17(20)16(15-9-2-1-3-10-15)11-5-4-7-14-8-6-12-18-13-14/h6,8,12-13,15-16H,1-5,7,9-11H2,(H,19,20). The molecule has 1 unspecified atom stereocenters. The van der Waals surface area contributed by atoms with Gasteiger partial charge in [-0.25, -0.2) is 0 Å². The Labute approximate surface area is 121 Å². The highest BCUT2D eigenvalue weighted by molar-refractivity contribution is 5.70. The highest BCUT2D eigenvalue weighted by Gasteiger charge is 2.28. The molecule has 1 aliphatic carbocycles. The summed E-state index contributed by atoms with van der Waals surface area (Å²) in [5.41, 5.74) is 1.25. The molecule has 1 aliphatic rings. The van der Waals surface area contributed by atoms with Gasteiger partial charge in [-0.1, -0.05) is 31.7 Å². The van der Waals surface area contributed by atoms with Crippen molar-refractivity contribution in [1.29, 1.82) is 0 Å². The largest absolute Gasteiger partial charge is 0.481 e. The van der Waals surface area contributed by atoms with Crippen LogP contribution < -0.4 is 0 Å². The van der Waals surface area contributed by atoms with Gasteiger partial charge < -0.3 is 5.11 Å². The first kappa shape index (κ1) is 15.0. The summed E-state index contributed by atoms with van der Waals surface area (Å²) >= 11 is 0. The van der Waals surface area contributed by atoms with Crippen LogP contribution >= 0.6 is 0 Å². The van der Waals surface area contributed by atoms with E-state index in [9.17, 15) is 9.90 Å². The highest BCUT2D eigenvalue weighted by Crippen LogP contribution is 2.33. The summed E-state index contributed by atoms with van der Waals surface area (Å²) in [5.74, 6) is -0.290. The van der Waals surface area contributed by atoms with Crippen LogP contribution in [0.2, 0.25) is 0 Å². The normalized spacial score (nSPS) is 17.8. The molecule has 0 aromatic carbocycles. The number of carbonyl (C=O) groups is 1. The van der Waals surface area contributed by atoms with Crippen molar-refractivity contribution >= 4 is 5.97 Å². The molecule has 3 heteroatoms. The summed E-state index contributed by atoms with van der Waals surface area (Å²) in [6, 6.07) is 4.04. The second-order valence-electron chi connectivity index (χ2n) is 5.95. The van der Waals surface area contributed by atoms with Gasteiger partial charge in [-0.2, -0.15) is 0 Å². The van der Waals surface area contributed by atoms with Gasteiger partial charge >= 0.3 is 5.97 Å². The molecule has 0 radical (unpaired) electrons. The molecule has 0 amide bonds. The van der Waals surface area contributed by atoms with E-state index < -0.39 is 5.97 Å². The molecule has 1 saturated carbocycles. The summed E-state index contributed by atoms with van der Waals surface area (Å²) in [7, 11) is 0. The van der Waals surface area contributed by atoms with Crippen LogP contribution in [0.15, 0.2) is 24.5 Å². The summed E-state index contributed by atoms with van der Waals surface area (Å²) < 4.78 is 0. The second kappa shape index (κ2) is 8.03. The minimum atomic E-state index is -0.585. The first-order valence-electron chi connectivity index (χ1n) is 7.89. The van der Waals surface area contributed by atoms with Gasteiger partial charge in [0.2, 0.25) is 0 Å². The predicted octanol–water partition coefficient (Wildman–Crippen LogP) is 4.08. The third-order valence-electron chi connectivity index (χ3n) is 4.49. The third-order valence-corrected chi connectivity index (χ3v) is 4.49. The zero-order chi connectivity index (χ0) is 14.2.